The Morgan fingerprint density at radius 2 is 1.46 bits per heavy atom. The highest BCUT2D eigenvalue weighted by Gasteiger charge is 2.21. The molecule has 0 radical (unpaired) electrons. The van der Waals surface area contributed by atoms with Crippen LogP contribution in [0.2, 0.25) is 0 Å². The molecule has 4 N–H and O–H groups in total. The van der Waals surface area contributed by atoms with Gasteiger partial charge in [-0.1, -0.05) is 52.8 Å². The van der Waals surface area contributed by atoms with E-state index in [-0.39, 0.29) is 16.8 Å². The molecule has 0 bridgehead atoms. The maximum absolute atomic E-state index is 5.31. The summed E-state index contributed by atoms with van der Waals surface area (Å²) in [4.78, 5) is 0. The Morgan fingerprint density at radius 1 is 0.923 bits per heavy atom. The van der Waals surface area contributed by atoms with Crippen molar-refractivity contribution in [1.82, 2.24) is 15.0 Å². The molecule has 0 aliphatic rings. The SMILES string of the molecule is C/C(=N\N=C(N)N)c1cn(-c2cc(C(C)(C)C)cc(C(C)(C)C)c2)nn1. The van der Waals surface area contributed by atoms with Crippen LogP contribution in [0.1, 0.15) is 65.3 Å². The van der Waals surface area contributed by atoms with Crippen LogP contribution in [0, 0.1) is 0 Å². The van der Waals surface area contributed by atoms with Crippen molar-refractivity contribution in [1.29, 1.82) is 0 Å². The molecule has 0 unspecified atom stereocenters. The zero-order valence-corrected chi connectivity index (χ0v) is 16.7. The molecule has 2 aromatic rings. The van der Waals surface area contributed by atoms with E-state index in [0.717, 1.165) is 5.69 Å². The van der Waals surface area contributed by atoms with Gasteiger partial charge in [0.05, 0.1) is 17.6 Å². The monoisotopic (exact) mass is 355 g/mol. The minimum atomic E-state index is -0.0931. The van der Waals surface area contributed by atoms with Crippen molar-refractivity contribution in [3.8, 4) is 5.69 Å². The number of nitrogens with zero attached hydrogens (tertiary/aromatic N) is 5. The van der Waals surface area contributed by atoms with E-state index in [1.807, 2.05) is 6.20 Å². The maximum Gasteiger partial charge on any atom is 0.211 e. The Hall–Kier alpha value is -2.70. The fourth-order valence-corrected chi connectivity index (χ4v) is 2.35. The molecule has 0 spiro atoms. The zero-order valence-electron chi connectivity index (χ0n) is 16.7. The van der Waals surface area contributed by atoms with Crippen LogP contribution in [-0.2, 0) is 10.8 Å². The number of hydrogen-bond acceptors (Lipinski definition) is 4. The lowest BCUT2D eigenvalue weighted by Gasteiger charge is -2.26. The molecule has 140 valence electrons. The topological polar surface area (TPSA) is 107 Å². The molecule has 0 atom stereocenters. The summed E-state index contributed by atoms with van der Waals surface area (Å²) in [5.41, 5.74) is 15.4. The van der Waals surface area contributed by atoms with E-state index in [2.05, 4.69) is 80.3 Å². The van der Waals surface area contributed by atoms with Crippen molar-refractivity contribution in [3.63, 3.8) is 0 Å². The molecule has 1 heterocycles. The Labute approximate surface area is 155 Å². The molecule has 0 saturated carbocycles. The molecule has 0 saturated heterocycles. The lowest BCUT2D eigenvalue weighted by molar-refractivity contribution is 0.566. The summed E-state index contributed by atoms with van der Waals surface area (Å²) < 4.78 is 1.76. The Bertz CT molecular complexity index is 809. The van der Waals surface area contributed by atoms with Crippen LogP contribution in [0.15, 0.2) is 34.6 Å². The molecule has 0 fully saturated rings. The molecule has 7 heteroatoms. The highest BCUT2D eigenvalue weighted by atomic mass is 15.4. The predicted octanol–water partition coefficient (Wildman–Crippen LogP) is 2.86. The number of aromatic nitrogens is 3. The molecular weight excluding hydrogens is 326 g/mol. The summed E-state index contributed by atoms with van der Waals surface area (Å²) >= 11 is 0. The molecule has 26 heavy (non-hydrogen) atoms. The summed E-state index contributed by atoms with van der Waals surface area (Å²) in [6.45, 7) is 15.0. The van der Waals surface area contributed by atoms with Crippen molar-refractivity contribution >= 4 is 11.7 Å². The van der Waals surface area contributed by atoms with Crippen LogP contribution < -0.4 is 11.5 Å². The summed E-state index contributed by atoms with van der Waals surface area (Å²) in [5.74, 6) is -0.0931. The van der Waals surface area contributed by atoms with Gasteiger partial charge in [-0.2, -0.15) is 0 Å². The minimum absolute atomic E-state index is 0.0319. The first kappa shape index (κ1) is 19.6. The fourth-order valence-electron chi connectivity index (χ4n) is 2.35. The second-order valence-electron chi connectivity index (χ2n) is 8.53. The van der Waals surface area contributed by atoms with Gasteiger partial charge in [0.25, 0.3) is 0 Å². The maximum atomic E-state index is 5.31. The smallest absolute Gasteiger partial charge is 0.211 e. The number of nitrogens with two attached hydrogens (primary N) is 2. The van der Waals surface area contributed by atoms with Crippen LogP contribution in [-0.4, -0.2) is 26.7 Å². The van der Waals surface area contributed by atoms with Gasteiger partial charge in [-0.25, -0.2) is 4.68 Å². The van der Waals surface area contributed by atoms with Crippen LogP contribution in [0.4, 0.5) is 0 Å². The number of hydrogen-bond donors (Lipinski definition) is 2. The molecule has 0 aliphatic carbocycles. The predicted molar refractivity (Wildman–Crippen MR) is 107 cm³/mol. The van der Waals surface area contributed by atoms with Gasteiger partial charge in [0, 0.05) is 0 Å². The van der Waals surface area contributed by atoms with Crippen molar-refractivity contribution in [2.24, 2.45) is 21.7 Å². The average molecular weight is 355 g/mol. The van der Waals surface area contributed by atoms with Gasteiger partial charge in [0.2, 0.25) is 5.96 Å². The number of rotatable bonds is 3. The van der Waals surface area contributed by atoms with Crippen molar-refractivity contribution < 1.29 is 0 Å². The van der Waals surface area contributed by atoms with Crippen molar-refractivity contribution in [2.45, 2.75) is 59.3 Å². The van der Waals surface area contributed by atoms with Gasteiger partial charge in [-0.05, 0) is 41.0 Å². The lowest BCUT2D eigenvalue weighted by atomic mass is 9.80. The Balaban J connectivity index is 2.52. The van der Waals surface area contributed by atoms with Gasteiger partial charge in [0.15, 0.2) is 0 Å². The molecule has 2 rings (SSSR count). The molecule has 1 aromatic carbocycles. The van der Waals surface area contributed by atoms with Crippen LogP contribution in [0.3, 0.4) is 0 Å². The molecule has 1 aromatic heterocycles. The first-order valence-corrected chi connectivity index (χ1v) is 8.60. The molecule has 0 amide bonds. The van der Waals surface area contributed by atoms with Crippen molar-refractivity contribution in [3.05, 3.63) is 41.2 Å². The summed E-state index contributed by atoms with van der Waals surface area (Å²) in [6, 6.07) is 6.57. The standard InChI is InChI=1S/C19H29N7/c1-12(22-24-17(20)21)16-11-26(25-23-16)15-9-13(18(2,3)4)8-14(10-15)19(5,6)7/h8-11H,1-7H3,(H4,20,21,24)/b22-12+. The number of guanidine groups is 1. The van der Waals surface area contributed by atoms with Gasteiger partial charge < -0.3 is 11.5 Å². The van der Waals surface area contributed by atoms with E-state index in [0.29, 0.717) is 11.4 Å². The van der Waals surface area contributed by atoms with Gasteiger partial charge in [-0.15, -0.1) is 15.3 Å². The van der Waals surface area contributed by atoms with Gasteiger partial charge in [-0.3, -0.25) is 0 Å². The first-order valence-electron chi connectivity index (χ1n) is 8.60. The van der Waals surface area contributed by atoms with E-state index < -0.39 is 0 Å². The Morgan fingerprint density at radius 3 is 1.92 bits per heavy atom. The molecule has 0 aliphatic heterocycles. The van der Waals surface area contributed by atoms with Crippen molar-refractivity contribution in [2.75, 3.05) is 0 Å². The first-order chi connectivity index (χ1) is 11.9. The third kappa shape index (κ3) is 4.68. The normalized spacial score (nSPS) is 13.0. The van der Waals surface area contributed by atoms with Gasteiger partial charge in [0.1, 0.15) is 5.69 Å². The second kappa shape index (κ2) is 6.90. The third-order valence-corrected chi connectivity index (χ3v) is 4.09. The Kier molecular flexibility index (Phi) is 5.21. The van der Waals surface area contributed by atoms with E-state index in [1.54, 1.807) is 11.6 Å². The van der Waals surface area contributed by atoms with Crippen LogP contribution >= 0.6 is 0 Å². The summed E-state index contributed by atoms with van der Waals surface area (Å²) in [5, 5.41) is 16.1. The van der Waals surface area contributed by atoms with E-state index in [1.165, 1.54) is 11.1 Å². The molecule has 7 nitrogen and oxygen atoms in total. The highest BCUT2D eigenvalue weighted by Crippen LogP contribution is 2.31. The largest absolute Gasteiger partial charge is 0.369 e. The lowest BCUT2D eigenvalue weighted by Crippen LogP contribution is -2.22. The van der Waals surface area contributed by atoms with Crippen LogP contribution in [0.5, 0.6) is 0 Å². The average Bonchev–Trinajstić information content (AvgIpc) is 3.00. The summed E-state index contributed by atoms with van der Waals surface area (Å²) in [6.07, 6.45) is 1.83. The quantitative estimate of drug-likeness (QED) is 0.501. The summed E-state index contributed by atoms with van der Waals surface area (Å²) in [7, 11) is 0. The second-order valence-corrected chi connectivity index (χ2v) is 8.53. The zero-order chi connectivity index (χ0) is 19.7. The van der Waals surface area contributed by atoms with Gasteiger partial charge >= 0.3 is 0 Å². The third-order valence-electron chi connectivity index (χ3n) is 4.09. The van der Waals surface area contributed by atoms with E-state index in [9.17, 15) is 0 Å². The van der Waals surface area contributed by atoms with E-state index >= 15 is 0 Å². The molecular formula is C19H29N7. The van der Waals surface area contributed by atoms with E-state index in [4.69, 9.17) is 11.5 Å². The fraction of sp³-hybridized carbons (Fsp3) is 0.474. The highest BCUT2D eigenvalue weighted by molar-refractivity contribution is 5.97. The number of benzene rings is 1. The van der Waals surface area contributed by atoms with Crippen LogP contribution in [0.25, 0.3) is 5.69 Å². The minimum Gasteiger partial charge on any atom is -0.369 e.